The number of carbonyl (C=O) groups is 1. The Balaban J connectivity index is 3.02. The van der Waals surface area contributed by atoms with Crippen LogP contribution in [0, 0.1) is 6.92 Å². The summed E-state index contributed by atoms with van der Waals surface area (Å²) >= 11 is 0. The molecule has 0 radical (unpaired) electrons. The molecule has 136 valence electrons. The van der Waals surface area contributed by atoms with Gasteiger partial charge in [-0.2, -0.15) is 4.31 Å². The number of rotatable bonds is 9. The molecular formula is C17H28N2O4S. The lowest BCUT2D eigenvalue weighted by Gasteiger charge is -2.22. The van der Waals surface area contributed by atoms with Crippen molar-refractivity contribution >= 4 is 15.9 Å². The van der Waals surface area contributed by atoms with Crippen LogP contribution in [0.4, 0.5) is 0 Å². The maximum Gasteiger partial charge on any atom is 0.247 e. The number of ether oxygens (including phenoxy) is 1. The van der Waals surface area contributed by atoms with Gasteiger partial charge in [0.2, 0.25) is 15.9 Å². The van der Waals surface area contributed by atoms with Gasteiger partial charge < -0.3 is 10.1 Å². The number of benzene rings is 1. The fourth-order valence-electron chi connectivity index (χ4n) is 2.48. The molecular weight excluding hydrogens is 328 g/mol. The van der Waals surface area contributed by atoms with Crippen LogP contribution in [0.15, 0.2) is 23.1 Å². The largest absolute Gasteiger partial charge is 0.495 e. The van der Waals surface area contributed by atoms with Crippen LogP contribution in [-0.2, 0) is 14.8 Å². The number of aryl methyl sites for hydroxylation is 1. The lowest BCUT2D eigenvalue weighted by Crippen LogP contribution is -2.43. The number of hydrogen-bond donors (Lipinski definition) is 1. The lowest BCUT2D eigenvalue weighted by molar-refractivity contribution is -0.121. The van der Waals surface area contributed by atoms with E-state index >= 15 is 0 Å². The Hall–Kier alpha value is -1.60. The highest BCUT2D eigenvalue weighted by atomic mass is 32.2. The van der Waals surface area contributed by atoms with Gasteiger partial charge in [-0.15, -0.1) is 0 Å². The molecule has 0 saturated heterocycles. The van der Waals surface area contributed by atoms with Gasteiger partial charge in [0.1, 0.15) is 10.6 Å². The summed E-state index contributed by atoms with van der Waals surface area (Å²) in [6, 6.07) is 5.00. The summed E-state index contributed by atoms with van der Waals surface area (Å²) in [5.74, 6) is -0.0215. The number of nitrogens with one attached hydrogen (secondary N) is 1. The van der Waals surface area contributed by atoms with Gasteiger partial charge in [0.25, 0.3) is 0 Å². The predicted molar refractivity (Wildman–Crippen MR) is 94.7 cm³/mol. The molecule has 1 rings (SSSR count). The number of hydrogen-bond acceptors (Lipinski definition) is 4. The van der Waals surface area contributed by atoms with Gasteiger partial charge in [0.15, 0.2) is 0 Å². The first-order valence-corrected chi connectivity index (χ1v) is 9.64. The molecule has 1 N–H and O–H groups in total. The molecule has 24 heavy (non-hydrogen) atoms. The first kappa shape index (κ1) is 20.4. The van der Waals surface area contributed by atoms with E-state index in [9.17, 15) is 13.2 Å². The molecule has 7 heteroatoms. The van der Waals surface area contributed by atoms with Crippen LogP contribution < -0.4 is 10.1 Å². The van der Waals surface area contributed by atoms with Crippen LogP contribution in [0.3, 0.4) is 0 Å². The number of sulfonamides is 1. The van der Waals surface area contributed by atoms with Gasteiger partial charge in [0.05, 0.1) is 13.7 Å². The topological polar surface area (TPSA) is 75.7 Å². The van der Waals surface area contributed by atoms with Crippen LogP contribution in [-0.4, -0.2) is 44.9 Å². The van der Waals surface area contributed by atoms with Crippen molar-refractivity contribution in [2.24, 2.45) is 0 Å². The van der Waals surface area contributed by atoms with Crippen LogP contribution >= 0.6 is 0 Å². The van der Waals surface area contributed by atoms with Gasteiger partial charge in [-0.25, -0.2) is 8.42 Å². The van der Waals surface area contributed by atoms with Crippen LogP contribution in [0.25, 0.3) is 0 Å². The number of nitrogens with zero attached hydrogens (tertiary/aromatic N) is 1. The van der Waals surface area contributed by atoms with E-state index in [1.807, 2.05) is 20.8 Å². The molecule has 0 spiro atoms. The minimum absolute atomic E-state index is 0.0254. The van der Waals surface area contributed by atoms with Crippen molar-refractivity contribution < 1.29 is 17.9 Å². The molecule has 6 nitrogen and oxygen atoms in total. The van der Waals surface area contributed by atoms with E-state index in [2.05, 4.69) is 5.32 Å². The summed E-state index contributed by atoms with van der Waals surface area (Å²) in [6.45, 7) is 7.47. The Morgan fingerprint density at radius 3 is 2.54 bits per heavy atom. The van der Waals surface area contributed by atoms with Crippen LogP contribution in [0.2, 0.25) is 0 Å². The van der Waals surface area contributed by atoms with Crippen LogP contribution in [0.5, 0.6) is 5.75 Å². The number of methoxy groups -OCH3 is 1. The average Bonchev–Trinajstić information content (AvgIpc) is 2.52. The highest BCUT2D eigenvalue weighted by Crippen LogP contribution is 2.27. The SMILES string of the molecule is CCC[C@H](C)NC(=O)CN(CC)S(=O)(=O)c1cc(C)ccc1OC. The Morgan fingerprint density at radius 2 is 2.00 bits per heavy atom. The molecule has 0 saturated carbocycles. The van der Waals surface area contributed by atoms with Crippen molar-refractivity contribution in [3.63, 3.8) is 0 Å². The monoisotopic (exact) mass is 356 g/mol. The molecule has 0 fully saturated rings. The van der Waals surface area contributed by atoms with Crippen molar-refractivity contribution in [2.75, 3.05) is 20.2 Å². The van der Waals surface area contributed by atoms with E-state index < -0.39 is 10.0 Å². The maximum atomic E-state index is 12.9. The highest BCUT2D eigenvalue weighted by molar-refractivity contribution is 7.89. The predicted octanol–water partition coefficient (Wildman–Crippen LogP) is 2.32. The Morgan fingerprint density at radius 1 is 1.33 bits per heavy atom. The Labute approximate surface area is 145 Å². The van der Waals surface area contributed by atoms with Gasteiger partial charge in [-0.3, -0.25) is 4.79 Å². The van der Waals surface area contributed by atoms with Crippen molar-refractivity contribution in [1.82, 2.24) is 9.62 Å². The van der Waals surface area contributed by atoms with E-state index in [-0.39, 0.29) is 35.7 Å². The summed E-state index contributed by atoms with van der Waals surface area (Å²) in [4.78, 5) is 12.2. The molecule has 1 amide bonds. The Kier molecular flexibility index (Phi) is 7.69. The second-order valence-electron chi connectivity index (χ2n) is 5.84. The number of likely N-dealkylation sites (N-methyl/N-ethyl adjacent to an activating group) is 1. The summed E-state index contributed by atoms with van der Waals surface area (Å²) in [5, 5.41) is 2.83. The van der Waals surface area contributed by atoms with E-state index in [0.29, 0.717) is 0 Å². The van der Waals surface area contributed by atoms with Gasteiger partial charge in [0, 0.05) is 12.6 Å². The summed E-state index contributed by atoms with van der Waals surface area (Å²) in [5.41, 5.74) is 0.812. The highest BCUT2D eigenvalue weighted by Gasteiger charge is 2.28. The minimum Gasteiger partial charge on any atom is -0.495 e. The smallest absolute Gasteiger partial charge is 0.247 e. The zero-order valence-electron chi connectivity index (χ0n) is 15.1. The van der Waals surface area contributed by atoms with Crippen molar-refractivity contribution in [3.8, 4) is 5.75 Å². The average molecular weight is 356 g/mol. The Bertz CT molecular complexity index is 659. The fraction of sp³-hybridized carbons (Fsp3) is 0.588. The summed E-state index contributed by atoms with van der Waals surface area (Å²) in [7, 11) is -2.38. The lowest BCUT2D eigenvalue weighted by atomic mass is 10.2. The third kappa shape index (κ3) is 5.21. The number of amides is 1. The van der Waals surface area contributed by atoms with E-state index in [0.717, 1.165) is 22.7 Å². The van der Waals surface area contributed by atoms with Crippen molar-refractivity contribution in [3.05, 3.63) is 23.8 Å². The van der Waals surface area contributed by atoms with E-state index in [1.54, 1.807) is 25.1 Å². The molecule has 0 aliphatic heterocycles. The van der Waals surface area contributed by atoms with Gasteiger partial charge in [-0.1, -0.05) is 26.3 Å². The van der Waals surface area contributed by atoms with Gasteiger partial charge >= 0.3 is 0 Å². The standard InChI is InChI=1S/C17H28N2O4S/c1-6-8-14(4)18-17(20)12-19(7-2)24(21,22)16-11-13(3)9-10-15(16)23-5/h9-11,14H,6-8,12H2,1-5H3,(H,18,20)/t14-/m0/s1. The van der Waals surface area contributed by atoms with Crippen molar-refractivity contribution in [2.45, 2.75) is 51.5 Å². The molecule has 0 aromatic heterocycles. The number of carbonyl (C=O) groups excluding carboxylic acids is 1. The van der Waals surface area contributed by atoms with E-state index in [1.165, 1.54) is 7.11 Å². The quantitative estimate of drug-likeness (QED) is 0.737. The molecule has 0 bridgehead atoms. The van der Waals surface area contributed by atoms with Crippen LogP contribution in [0.1, 0.15) is 39.2 Å². The minimum atomic E-state index is -3.81. The summed E-state index contributed by atoms with van der Waals surface area (Å²) < 4.78 is 32.2. The second kappa shape index (κ2) is 9.03. The molecule has 1 aromatic carbocycles. The molecule has 0 heterocycles. The van der Waals surface area contributed by atoms with Crippen molar-refractivity contribution in [1.29, 1.82) is 0 Å². The third-order valence-corrected chi connectivity index (χ3v) is 5.68. The second-order valence-corrected chi connectivity index (χ2v) is 7.75. The van der Waals surface area contributed by atoms with E-state index in [4.69, 9.17) is 4.74 Å². The first-order chi connectivity index (χ1) is 11.3. The molecule has 0 unspecified atom stereocenters. The first-order valence-electron chi connectivity index (χ1n) is 8.20. The third-order valence-electron chi connectivity index (χ3n) is 3.74. The molecule has 1 aromatic rings. The zero-order valence-corrected chi connectivity index (χ0v) is 15.9. The fourth-order valence-corrected chi connectivity index (χ4v) is 4.12. The molecule has 1 atom stereocenters. The molecule has 0 aliphatic carbocycles. The zero-order chi connectivity index (χ0) is 18.3. The van der Waals surface area contributed by atoms with Gasteiger partial charge in [-0.05, 0) is 38.0 Å². The summed E-state index contributed by atoms with van der Waals surface area (Å²) in [6.07, 6.45) is 1.81. The molecule has 0 aliphatic rings. The normalized spacial score (nSPS) is 12.9. The maximum absolute atomic E-state index is 12.9.